The van der Waals surface area contributed by atoms with E-state index in [0.717, 1.165) is 81.1 Å². The highest BCUT2D eigenvalue weighted by Crippen LogP contribution is 2.28. The Balaban J connectivity index is 0.948. The average molecular weight is 955 g/mol. The summed E-state index contributed by atoms with van der Waals surface area (Å²) in [5.41, 5.74) is 2.73. The van der Waals surface area contributed by atoms with E-state index >= 15 is 0 Å². The van der Waals surface area contributed by atoms with Gasteiger partial charge < -0.3 is 28.8 Å². The van der Waals surface area contributed by atoms with Gasteiger partial charge in [0.1, 0.15) is 28.7 Å². The normalized spacial score (nSPS) is 10.9. The van der Waals surface area contributed by atoms with E-state index in [9.17, 15) is 19.2 Å². The Morgan fingerprint density at radius 2 is 0.700 bits per heavy atom. The molecule has 374 valence electrons. The Bertz CT molecular complexity index is 2270. The largest absolute Gasteiger partial charge is 0.494 e. The van der Waals surface area contributed by atoms with Gasteiger partial charge in [-0.15, -0.1) is 0 Å². The predicted molar refractivity (Wildman–Crippen MR) is 277 cm³/mol. The van der Waals surface area contributed by atoms with Crippen LogP contribution in [0, 0.1) is 0 Å². The van der Waals surface area contributed by atoms with Gasteiger partial charge in [0, 0.05) is 6.42 Å². The van der Waals surface area contributed by atoms with Gasteiger partial charge in [0.2, 0.25) is 0 Å². The molecule has 1 N–H and O–H groups in total. The zero-order valence-electron chi connectivity index (χ0n) is 41.3. The molecule has 5 rings (SSSR count). The van der Waals surface area contributed by atoms with Gasteiger partial charge in [-0.1, -0.05) is 153 Å². The minimum atomic E-state index is -0.722. The summed E-state index contributed by atoms with van der Waals surface area (Å²) in [6, 6.07) is 34.3. The number of rotatable bonds is 35. The van der Waals surface area contributed by atoms with Crippen molar-refractivity contribution < 1.29 is 48.0 Å². The molecule has 0 saturated heterocycles. The molecule has 0 spiro atoms. The summed E-state index contributed by atoms with van der Waals surface area (Å²) in [7, 11) is 0. The van der Waals surface area contributed by atoms with Crippen molar-refractivity contribution in [2.45, 2.75) is 155 Å². The highest BCUT2D eigenvalue weighted by Gasteiger charge is 2.14. The van der Waals surface area contributed by atoms with Crippen LogP contribution in [0.5, 0.6) is 28.7 Å². The number of carboxylic acids is 1. The average Bonchev–Trinajstić information content (AvgIpc) is 3.37. The fourth-order valence-electron chi connectivity index (χ4n) is 8.10. The quantitative estimate of drug-likeness (QED) is 0.0238. The van der Waals surface area contributed by atoms with E-state index in [2.05, 4.69) is 6.92 Å². The standard InChI is InChI=1S/C60H74O10/c1-2-3-4-5-6-7-8-9-10-11-13-16-19-22-44-66-53-38-32-49(33-39-53)59(64)69-55-42-34-50(35-43-55)60(65)70-56-26-24-25-51(46-56)47-28-40-54(41-29-47)68-58(63)48-30-36-52(37-31-48)67-45-23-20-17-14-12-15-18-21-27-57(61)62/h24-26,28-43,46H,2-23,27,44-45H2,1H3,(H,61,62). The van der Waals surface area contributed by atoms with E-state index in [1.807, 2.05) is 18.2 Å². The third kappa shape index (κ3) is 21.5. The number of carbonyl (C=O) groups excluding carboxylic acids is 3. The van der Waals surface area contributed by atoms with Crippen molar-refractivity contribution in [3.63, 3.8) is 0 Å². The topological polar surface area (TPSA) is 135 Å². The highest BCUT2D eigenvalue weighted by atomic mass is 16.5. The Labute approximate surface area is 416 Å². The van der Waals surface area contributed by atoms with Crippen LogP contribution in [0.2, 0.25) is 0 Å². The summed E-state index contributed by atoms with van der Waals surface area (Å²) in [6.07, 6.45) is 26.9. The molecule has 70 heavy (non-hydrogen) atoms. The van der Waals surface area contributed by atoms with Gasteiger partial charge in [-0.25, -0.2) is 14.4 Å². The summed E-state index contributed by atoms with van der Waals surface area (Å²) < 4.78 is 28.6. The van der Waals surface area contributed by atoms with Crippen LogP contribution in [0.15, 0.2) is 121 Å². The molecule has 0 aliphatic rings. The molecule has 10 nitrogen and oxygen atoms in total. The lowest BCUT2D eigenvalue weighted by Crippen LogP contribution is -2.10. The second-order valence-electron chi connectivity index (χ2n) is 18.1. The molecule has 0 bridgehead atoms. The van der Waals surface area contributed by atoms with Crippen LogP contribution < -0.4 is 23.7 Å². The van der Waals surface area contributed by atoms with Gasteiger partial charge in [-0.05, 0) is 127 Å². The lowest BCUT2D eigenvalue weighted by atomic mass is 10.0. The number of benzene rings is 5. The monoisotopic (exact) mass is 955 g/mol. The van der Waals surface area contributed by atoms with E-state index in [1.165, 1.54) is 77.0 Å². The van der Waals surface area contributed by atoms with Crippen molar-refractivity contribution in [1.82, 2.24) is 0 Å². The van der Waals surface area contributed by atoms with Crippen molar-refractivity contribution in [1.29, 1.82) is 0 Å². The van der Waals surface area contributed by atoms with Crippen molar-refractivity contribution in [3.8, 4) is 39.9 Å². The maximum absolute atomic E-state index is 13.1. The molecule has 0 unspecified atom stereocenters. The number of ether oxygens (including phenoxy) is 5. The number of carboxylic acid groups (broad SMARTS) is 1. The third-order valence-corrected chi connectivity index (χ3v) is 12.2. The predicted octanol–water partition coefficient (Wildman–Crippen LogP) is 15.8. The molecule has 0 fully saturated rings. The Morgan fingerprint density at radius 1 is 0.357 bits per heavy atom. The molecule has 0 amide bonds. The minimum absolute atomic E-state index is 0.256. The summed E-state index contributed by atoms with van der Waals surface area (Å²) in [5.74, 6) is 0.173. The van der Waals surface area contributed by atoms with Crippen molar-refractivity contribution in [2.75, 3.05) is 13.2 Å². The second kappa shape index (κ2) is 32.4. The minimum Gasteiger partial charge on any atom is -0.494 e. The van der Waals surface area contributed by atoms with E-state index in [-0.39, 0.29) is 6.42 Å². The van der Waals surface area contributed by atoms with Crippen LogP contribution >= 0.6 is 0 Å². The lowest BCUT2D eigenvalue weighted by Gasteiger charge is -2.10. The fraction of sp³-hybridized carbons (Fsp3) is 0.433. The summed E-state index contributed by atoms with van der Waals surface area (Å²) in [4.78, 5) is 49.4. The lowest BCUT2D eigenvalue weighted by molar-refractivity contribution is -0.137. The summed E-state index contributed by atoms with van der Waals surface area (Å²) in [6.45, 7) is 3.52. The van der Waals surface area contributed by atoms with Crippen molar-refractivity contribution in [3.05, 3.63) is 138 Å². The van der Waals surface area contributed by atoms with E-state index in [1.54, 1.807) is 103 Å². The Hall–Kier alpha value is -6.42. The first kappa shape index (κ1) is 54.5. The number of carbonyl (C=O) groups is 4. The zero-order valence-corrected chi connectivity index (χ0v) is 41.3. The van der Waals surface area contributed by atoms with Gasteiger partial charge in [-0.2, -0.15) is 0 Å². The molecule has 10 heteroatoms. The Kier molecular flexibility index (Phi) is 25.2. The van der Waals surface area contributed by atoms with Crippen molar-refractivity contribution in [2.24, 2.45) is 0 Å². The van der Waals surface area contributed by atoms with Crippen LogP contribution in [0.3, 0.4) is 0 Å². The van der Waals surface area contributed by atoms with Gasteiger partial charge in [0.05, 0.1) is 29.9 Å². The molecule has 0 heterocycles. The molecule has 0 aromatic heterocycles. The molecule has 0 aliphatic carbocycles. The number of hydrogen-bond acceptors (Lipinski definition) is 9. The van der Waals surface area contributed by atoms with Crippen LogP contribution in [0.1, 0.15) is 186 Å². The molecule has 5 aromatic rings. The maximum Gasteiger partial charge on any atom is 0.343 e. The van der Waals surface area contributed by atoms with E-state index in [4.69, 9.17) is 28.8 Å². The molecular weight excluding hydrogens is 881 g/mol. The number of unbranched alkanes of at least 4 members (excludes halogenated alkanes) is 20. The molecule has 0 aliphatic heterocycles. The van der Waals surface area contributed by atoms with Gasteiger partial charge >= 0.3 is 23.9 Å². The van der Waals surface area contributed by atoms with E-state index in [0.29, 0.717) is 52.9 Å². The number of esters is 3. The van der Waals surface area contributed by atoms with Crippen LogP contribution in [-0.4, -0.2) is 42.2 Å². The third-order valence-electron chi connectivity index (χ3n) is 12.2. The summed E-state index contributed by atoms with van der Waals surface area (Å²) >= 11 is 0. The molecule has 0 radical (unpaired) electrons. The SMILES string of the molecule is CCCCCCCCCCCCCCCCOc1ccc(C(=O)Oc2ccc(C(=O)Oc3cccc(-c4ccc(OC(=O)c5ccc(OCCCCCCCCCCC(=O)O)cc5)cc4)c3)cc2)cc1. The van der Waals surface area contributed by atoms with Crippen LogP contribution in [0.25, 0.3) is 11.1 Å². The molecule has 5 aromatic carbocycles. The van der Waals surface area contributed by atoms with Crippen molar-refractivity contribution >= 4 is 23.9 Å². The fourth-order valence-corrected chi connectivity index (χ4v) is 8.10. The van der Waals surface area contributed by atoms with Gasteiger partial charge in [0.15, 0.2) is 0 Å². The van der Waals surface area contributed by atoms with E-state index < -0.39 is 23.9 Å². The number of hydrogen-bond donors (Lipinski definition) is 1. The zero-order chi connectivity index (χ0) is 49.4. The first-order valence-corrected chi connectivity index (χ1v) is 25.9. The molecule has 0 saturated carbocycles. The first-order valence-electron chi connectivity index (χ1n) is 25.9. The molecular formula is C60H74O10. The molecule has 0 atom stereocenters. The first-order chi connectivity index (χ1) is 34.3. The smallest absolute Gasteiger partial charge is 0.343 e. The maximum atomic E-state index is 13.1. The Morgan fingerprint density at radius 3 is 1.10 bits per heavy atom. The van der Waals surface area contributed by atoms with Crippen LogP contribution in [-0.2, 0) is 4.79 Å². The van der Waals surface area contributed by atoms with Crippen LogP contribution in [0.4, 0.5) is 0 Å². The number of aliphatic carboxylic acids is 1. The summed E-state index contributed by atoms with van der Waals surface area (Å²) in [5, 5.41) is 8.71. The van der Waals surface area contributed by atoms with Gasteiger partial charge in [-0.3, -0.25) is 4.79 Å². The second-order valence-corrected chi connectivity index (χ2v) is 18.1. The highest BCUT2D eigenvalue weighted by molar-refractivity contribution is 5.93. The van der Waals surface area contributed by atoms with Gasteiger partial charge in [0.25, 0.3) is 0 Å².